The van der Waals surface area contributed by atoms with Crippen molar-refractivity contribution in [3.63, 3.8) is 0 Å². The van der Waals surface area contributed by atoms with Crippen LogP contribution in [0.15, 0.2) is 120 Å². The highest BCUT2D eigenvalue weighted by Gasteiger charge is 2.43. The van der Waals surface area contributed by atoms with Crippen LogP contribution in [0.4, 0.5) is 0 Å². The molecule has 7 rings (SSSR count). The molecule has 1 aliphatic heterocycles. The number of carbonyl (C=O) groups is 2. The van der Waals surface area contributed by atoms with Crippen LogP contribution in [0.5, 0.6) is 5.75 Å². The van der Waals surface area contributed by atoms with Gasteiger partial charge < -0.3 is 40.6 Å². The molecular weight excluding hydrogens is 729 g/mol. The summed E-state index contributed by atoms with van der Waals surface area (Å²) in [5.74, 6) is -0.969. The zero-order chi connectivity index (χ0) is 39.2. The number of aromatic nitrogens is 1. The van der Waals surface area contributed by atoms with Gasteiger partial charge in [0.15, 0.2) is 0 Å². The number of aromatic amines is 1. The van der Waals surface area contributed by atoms with Gasteiger partial charge in [0.2, 0.25) is 11.2 Å². The fourth-order valence-electron chi connectivity index (χ4n) is 7.00. The smallest absolute Gasteiger partial charge is 0.347 e. The van der Waals surface area contributed by atoms with Gasteiger partial charge in [-0.3, -0.25) is 9.59 Å². The minimum atomic E-state index is -1.99. The normalized spacial score (nSPS) is 15.3. The molecule has 12 heteroatoms. The number of esters is 1. The fourth-order valence-corrected chi connectivity index (χ4v) is 7.95. The van der Waals surface area contributed by atoms with Crippen LogP contribution in [0.25, 0.3) is 21.3 Å². The van der Waals surface area contributed by atoms with E-state index < -0.39 is 17.7 Å². The summed E-state index contributed by atoms with van der Waals surface area (Å²) < 4.78 is 5.94. The van der Waals surface area contributed by atoms with Crippen molar-refractivity contribution in [3.8, 4) is 16.2 Å². The molecule has 1 unspecified atom stereocenters. The molecule has 3 heterocycles. The minimum Gasteiger partial charge on any atom is -0.506 e. The Hall–Kier alpha value is -5.63. The molecule has 56 heavy (non-hydrogen) atoms. The number of aromatic hydroxyl groups is 1. The Labute approximate surface area is 328 Å². The number of likely N-dealkylation sites (tertiary alicyclic amines) is 1. The molecule has 1 amide bonds. The maximum atomic E-state index is 13.8. The number of H-pyrrole nitrogens is 1. The van der Waals surface area contributed by atoms with Crippen LogP contribution < -0.4 is 16.2 Å². The van der Waals surface area contributed by atoms with E-state index in [0.717, 1.165) is 34.0 Å². The van der Waals surface area contributed by atoms with Gasteiger partial charge in [0.1, 0.15) is 11.9 Å². The molecule has 2 atom stereocenters. The van der Waals surface area contributed by atoms with Gasteiger partial charge in [0.25, 0.3) is 5.91 Å². The lowest BCUT2D eigenvalue weighted by Crippen LogP contribution is -2.43. The molecule has 0 radical (unpaired) electrons. The van der Waals surface area contributed by atoms with Crippen molar-refractivity contribution < 1.29 is 29.6 Å². The number of amides is 1. The van der Waals surface area contributed by atoms with E-state index in [0.29, 0.717) is 53.6 Å². The van der Waals surface area contributed by atoms with E-state index in [4.69, 9.17) is 4.74 Å². The summed E-state index contributed by atoms with van der Waals surface area (Å²) in [5, 5.41) is 39.9. The standard InChI is InChI=1S/C44H44N4O7S/c1-48-22-20-33(21-23-48)55-43(53)44(54,31-7-3-2-4-8-31)32-9-5-6-30(24-32)39-18-14-34(56-39)26-46-42(52)29-12-10-28(11-13-29)25-45-27-38(50)35-15-17-37(49)41-36(35)16-19-40(51)47-41/h2-19,24,33,38,45,49-50,54H,20-23,25-27H2,1H3,(H,46,52)(H,47,51)/t38-,44?/m0/s1. The van der Waals surface area contributed by atoms with E-state index in [1.165, 1.54) is 23.5 Å². The Morgan fingerprint density at radius 2 is 1.66 bits per heavy atom. The van der Waals surface area contributed by atoms with Gasteiger partial charge in [0, 0.05) is 58.5 Å². The van der Waals surface area contributed by atoms with Crippen molar-refractivity contribution in [2.24, 2.45) is 0 Å². The number of aliphatic hydroxyl groups is 2. The highest BCUT2D eigenvalue weighted by molar-refractivity contribution is 7.15. The van der Waals surface area contributed by atoms with Crippen molar-refractivity contribution in [2.75, 3.05) is 26.7 Å². The van der Waals surface area contributed by atoms with Crippen molar-refractivity contribution in [3.05, 3.63) is 158 Å². The number of fused-ring (bicyclic) bond motifs is 1. The first kappa shape index (κ1) is 38.6. The second-order valence-corrected chi connectivity index (χ2v) is 15.3. The summed E-state index contributed by atoms with van der Waals surface area (Å²) in [4.78, 5) is 45.2. The number of thiophene rings is 1. The molecule has 1 aliphatic rings. The number of aliphatic hydroxyl groups excluding tert-OH is 1. The van der Waals surface area contributed by atoms with Gasteiger partial charge in [0.05, 0.1) is 18.2 Å². The van der Waals surface area contributed by atoms with Crippen molar-refractivity contribution in [2.45, 2.75) is 43.7 Å². The molecule has 6 N–H and O–H groups in total. The van der Waals surface area contributed by atoms with Crippen LogP contribution in [-0.4, -0.2) is 69.9 Å². The van der Waals surface area contributed by atoms with Gasteiger partial charge >= 0.3 is 5.97 Å². The molecule has 11 nitrogen and oxygen atoms in total. The maximum Gasteiger partial charge on any atom is 0.347 e. The van der Waals surface area contributed by atoms with E-state index in [-0.39, 0.29) is 35.4 Å². The lowest BCUT2D eigenvalue weighted by atomic mass is 9.85. The topological polar surface area (TPSA) is 164 Å². The third kappa shape index (κ3) is 8.60. The van der Waals surface area contributed by atoms with Crippen molar-refractivity contribution >= 4 is 34.1 Å². The number of nitrogens with one attached hydrogen (secondary N) is 3. The monoisotopic (exact) mass is 772 g/mol. The summed E-state index contributed by atoms with van der Waals surface area (Å²) in [7, 11) is 2.04. The van der Waals surface area contributed by atoms with E-state index in [1.54, 1.807) is 54.6 Å². The Bertz CT molecular complexity index is 2370. The number of ether oxygens (including phenoxy) is 1. The molecule has 0 bridgehead atoms. The van der Waals surface area contributed by atoms with E-state index in [1.807, 2.05) is 55.6 Å². The van der Waals surface area contributed by atoms with Crippen molar-refractivity contribution in [1.82, 2.24) is 20.5 Å². The van der Waals surface area contributed by atoms with Crippen LogP contribution >= 0.6 is 11.3 Å². The Kier molecular flexibility index (Phi) is 11.7. The average molecular weight is 773 g/mol. The first-order chi connectivity index (χ1) is 27.1. The summed E-state index contributed by atoms with van der Waals surface area (Å²) in [6, 6.07) is 33.4. The predicted molar refractivity (Wildman–Crippen MR) is 216 cm³/mol. The predicted octanol–water partition coefficient (Wildman–Crippen LogP) is 5.59. The lowest BCUT2D eigenvalue weighted by Gasteiger charge is -2.33. The molecule has 0 spiro atoms. The molecule has 0 saturated carbocycles. The van der Waals surface area contributed by atoms with Crippen LogP contribution in [0.1, 0.15) is 56.4 Å². The Balaban J connectivity index is 0.952. The number of piperidine rings is 1. The number of rotatable bonds is 13. The van der Waals surface area contributed by atoms with Crippen LogP contribution in [0.2, 0.25) is 0 Å². The molecule has 1 saturated heterocycles. The van der Waals surface area contributed by atoms with Crippen LogP contribution in [0, 0.1) is 0 Å². The summed E-state index contributed by atoms with van der Waals surface area (Å²) in [5.41, 5.74) is 1.65. The summed E-state index contributed by atoms with van der Waals surface area (Å²) in [6.45, 7) is 2.65. The number of pyridine rings is 1. The number of carbonyl (C=O) groups excluding carboxylic acids is 2. The van der Waals surface area contributed by atoms with Gasteiger partial charge in [-0.15, -0.1) is 11.3 Å². The maximum absolute atomic E-state index is 13.8. The number of benzene rings is 4. The molecule has 6 aromatic rings. The van der Waals surface area contributed by atoms with E-state index >= 15 is 0 Å². The second-order valence-electron chi connectivity index (χ2n) is 14.1. The van der Waals surface area contributed by atoms with Crippen molar-refractivity contribution in [1.29, 1.82) is 0 Å². The second kappa shape index (κ2) is 17.0. The number of hydrogen-bond donors (Lipinski definition) is 6. The largest absolute Gasteiger partial charge is 0.506 e. The van der Waals surface area contributed by atoms with E-state index in [9.17, 15) is 29.7 Å². The number of hydrogen-bond acceptors (Lipinski definition) is 10. The lowest BCUT2D eigenvalue weighted by molar-refractivity contribution is -0.169. The average Bonchev–Trinajstić information content (AvgIpc) is 3.70. The Morgan fingerprint density at radius 1 is 0.911 bits per heavy atom. The highest BCUT2D eigenvalue weighted by atomic mass is 32.1. The fraction of sp³-hybridized carbons (Fsp3) is 0.250. The molecule has 288 valence electrons. The molecule has 1 fully saturated rings. The van der Waals surface area contributed by atoms with E-state index in [2.05, 4.69) is 20.5 Å². The highest BCUT2D eigenvalue weighted by Crippen LogP contribution is 2.36. The third-order valence-corrected chi connectivity index (χ3v) is 11.4. The minimum absolute atomic E-state index is 0.0645. The summed E-state index contributed by atoms with van der Waals surface area (Å²) in [6.07, 6.45) is 0.282. The zero-order valence-corrected chi connectivity index (χ0v) is 31.7. The number of phenolic OH excluding ortho intramolecular Hbond substituents is 1. The summed E-state index contributed by atoms with van der Waals surface area (Å²) >= 11 is 1.52. The first-order valence-corrected chi connectivity index (χ1v) is 19.4. The zero-order valence-electron chi connectivity index (χ0n) is 30.9. The number of phenols is 1. The molecular formula is C44H44N4O7S. The van der Waals surface area contributed by atoms with Gasteiger partial charge in [-0.25, -0.2) is 4.79 Å². The third-order valence-electron chi connectivity index (χ3n) is 10.2. The molecule has 4 aromatic carbocycles. The first-order valence-electron chi connectivity index (χ1n) is 18.6. The van der Waals surface area contributed by atoms with Crippen LogP contribution in [0.3, 0.4) is 0 Å². The quantitative estimate of drug-likeness (QED) is 0.0822. The molecule has 0 aliphatic carbocycles. The SMILES string of the molecule is CN1CCC(OC(=O)C(O)(c2ccccc2)c2cccc(-c3ccc(CNC(=O)c4ccc(CNC[C@H](O)c5ccc(O)c6[nH]c(=O)ccc56)cc4)s3)c2)CC1. The van der Waals surface area contributed by atoms with Gasteiger partial charge in [-0.05, 0) is 84.6 Å². The van der Waals surface area contributed by atoms with Gasteiger partial charge in [-0.2, -0.15) is 0 Å². The number of nitrogens with zero attached hydrogens (tertiary/aromatic N) is 1. The van der Waals surface area contributed by atoms with Crippen LogP contribution in [-0.2, 0) is 28.2 Å². The Morgan fingerprint density at radius 3 is 2.43 bits per heavy atom. The van der Waals surface area contributed by atoms with Gasteiger partial charge in [-0.1, -0.05) is 66.7 Å². The molecule has 2 aromatic heterocycles.